The number of hydrogen-bond donors (Lipinski definition) is 0. The molecule has 3 heteroatoms. The minimum absolute atomic E-state index is 0.959. The second-order valence-corrected chi connectivity index (χ2v) is 6.64. The summed E-state index contributed by atoms with van der Waals surface area (Å²) in [5.41, 5.74) is 3.59. The largest absolute Gasteiger partial charge is 0.496 e. The summed E-state index contributed by atoms with van der Waals surface area (Å²) in [6, 6.07) is 12.3. The van der Waals surface area contributed by atoms with Gasteiger partial charge < -0.3 is 4.74 Å². The quantitative estimate of drug-likeness (QED) is 0.454. The van der Waals surface area contributed by atoms with Crippen LogP contribution in [0.5, 0.6) is 5.75 Å². The number of halogens is 2. The van der Waals surface area contributed by atoms with Crippen molar-refractivity contribution < 1.29 is 4.74 Å². The van der Waals surface area contributed by atoms with Gasteiger partial charge in [-0.3, -0.25) is 0 Å². The fourth-order valence-corrected chi connectivity index (χ4v) is 2.83. The molecule has 0 aliphatic heterocycles. The zero-order chi connectivity index (χ0) is 15.8. The molecule has 0 spiro atoms. The third-order valence-electron chi connectivity index (χ3n) is 2.84. The minimum atomic E-state index is 0.959. The lowest BCUT2D eigenvalue weighted by Gasteiger charge is -2.05. The van der Waals surface area contributed by atoms with E-state index in [4.69, 9.17) is 4.74 Å². The van der Waals surface area contributed by atoms with Gasteiger partial charge in [-0.15, -0.1) is 0 Å². The van der Waals surface area contributed by atoms with Gasteiger partial charge in [0.25, 0.3) is 0 Å². The summed E-state index contributed by atoms with van der Waals surface area (Å²) in [7, 11) is 1.70. The summed E-state index contributed by atoms with van der Waals surface area (Å²) >= 11 is 4.58. The molecule has 0 heterocycles. The van der Waals surface area contributed by atoms with E-state index in [0.717, 1.165) is 16.9 Å². The van der Waals surface area contributed by atoms with Gasteiger partial charge in [0.1, 0.15) is 5.75 Å². The Morgan fingerprint density at radius 1 is 0.905 bits per heavy atom. The van der Waals surface area contributed by atoms with E-state index in [1.165, 1.54) is 12.7 Å². The summed E-state index contributed by atoms with van der Waals surface area (Å²) in [6.45, 7) is 9.42. The van der Waals surface area contributed by atoms with Crippen LogP contribution in [0, 0.1) is 14.1 Å². The molecule has 0 unspecified atom stereocenters. The number of rotatable bonds is 3. The molecule has 0 saturated heterocycles. The van der Waals surface area contributed by atoms with Gasteiger partial charge in [0.2, 0.25) is 0 Å². The lowest BCUT2D eigenvalue weighted by Crippen LogP contribution is -1.89. The second kappa shape index (κ2) is 9.25. The van der Waals surface area contributed by atoms with Crippen molar-refractivity contribution in [2.45, 2.75) is 6.92 Å². The highest BCUT2D eigenvalue weighted by atomic mass is 127. The Labute approximate surface area is 154 Å². The van der Waals surface area contributed by atoms with Crippen molar-refractivity contribution >= 4 is 57.3 Å². The van der Waals surface area contributed by atoms with Crippen LogP contribution in [0.3, 0.4) is 0 Å². The molecule has 0 aromatic heterocycles. The van der Waals surface area contributed by atoms with Crippen molar-refractivity contribution in [2.75, 3.05) is 7.11 Å². The molecule has 110 valence electrons. The van der Waals surface area contributed by atoms with Crippen molar-refractivity contribution in [1.29, 1.82) is 0 Å². The van der Waals surface area contributed by atoms with Gasteiger partial charge >= 0.3 is 0 Å². The number of aryl methyl sites for hydroxylation is 1. The predicted molar refractivity (Wildman–Crippen MR) is 110 cm³/mol. The summed E-state index contributed by atoms with van der Waals surface area (Å²) in [5, 5.41) is 0. The van der Waals surface area contributed by atoms with Gasteiger partial charge in [-0.1, -0.05) is 49.6 Å². The van der Waals surface area contributed by atoms with Crippen molar-refractivity contribution in [3.8, 4) is 5.75 Å². The lowest BCUT2D eigenvalue weighted by atomic mass is 10.1. The molecule has 0 fully saturated rings. The van der Waals surface area contributed by atoms with Crippen LogP contribution in [0.2, 0.25) is 0 Å². The molecule has 0 radical (unpaired) electrons. The first-order chi connectivity index (χ1) is 10.0. The van der Waals surface area contributed by atoms with Gasteiger partial charge in [0.05, 0.1) is 10.7 Å². The van der Waals surface area contributed by atoms with Gasteiger partial charge in [-0.05, 0) is 80.9 Å². The van der Waals surface area contributed by atoms with Gasteiger partial charge in [0.15, 0.2) is 0 Å². The highest BCUT2D eigenvalue weighted by Crippen LogP contribution is 2.25. The maximum absolute atomic E-state index is 5.17. The first-order valence-electron chi connectivity index (χ1n) is 6.36. The minimum Gasteiger partial charge on any atom is -0.496 e. The molecule has 0 bridgehead atoms. The monoisotopic (exact) mass is 504 g/mol. The number of benzene rings is 2. The molecule has 2 rings (SSSR count). The normalized spacial score (nSPS) is 9.33. The fraction of sp³-hybridized carbons (Fsp3) is 0.111. The second-order valence-electron chi connectivity index (χ2n) is 4.31. The van der Waals surface area contributed by atoms with Crippen LogP contribution in [-0.4, -0.2) is 7.11 Å². The Balaban J connectivity index is 0.000000211. The first-order valence-corrected chi connectivity index (χ1v) is 8.52. The van der Waals surface area contributed by atoms with Crippen LogP contribution in [0.25, 0.3) is 12.2 Å². The van der Waals surface area contributed by atoms with E-state index in [9.17, 15) is 0 Å². The Kier molecular flexibility index (Phi) is 8.03. The van der Waals surface area contributed by atoms with Crippen molar-refractivity contribution in [2.24, 2.45) is 0 Å². The summed E-state index contributed by atoms with van der Waals surface area (Å²) in [4.78, 5) is 0. The van der Waals surface area contributed by atoms with E-state index < -0.39 is 0 Å². The molecule has 0 amide bonds. The van der Waals surface area contributed by atoms with Crippen LogP contribution in [0.1, 0.15) is 16.7 Å². The third kappa shape index (κ3) is 5.82. The third-order valence-corrected chi connectivity index (χ3v) is 4.85. The number of methoxy groups -OCH3 is 1. The molecule has 0 atom stereocenters. The van der Waals surface area contributed by atoms with Crippen molar-refractivity contribution in [1.82, 2.24) is 0 Å². The van der Waals surface area contributed by atoms with E-state index in [0.29, 0.717) is 0 Å². The SMILES string of the molecule is C=Cc1ccc(C=C)cc1.COc1cc(I)c(C)cc1I. The highest BCUT2D eigenvalue weighted by molar-refractivity contribution is 14.1. The fourth-order valence-electron chi connectivity index (χ4n) is 1.55. The van der Waals surface area contributed by atoms with Gasteiger partial charge in [-0.2, -0.15) is 0 Å². The van der Waals surface area contributed by atoms with Crippen LogP contribution in [-0.2, 0) is 0 Å². The number of ether oxygens (including phenoxy) is 1. The zero-order valence-electron chi connectivity index (χ0n) is 12.2. The lowest BCUT2D eigenvalue weighted by molar-refractivity contribution is 0.411. The van der Waals surface area contributed by atoms with E-state index in [1.807, 2.05) is 36.4 Å². The van der Waals surface area contributed by atoms with Crippen LogP contribution < -0.4 is 4.74 Å². The Hall–Kier alpha value is -0.820. The van der Waals surface area contributed by atoms with Gasteiger partial charge in [0, 0.05) is 3.57 Å². The topological polar surface area (TPSA) is 9.23 Å². The molecule has 2 aromatic rings. The van der Waals surface area contributed by atoms with Crippen LogP contribution >= 0.6 is 45.2 Å². The average molecular weight is 504 g/mol. The molecule has 2 aromatic carbocycles. The molecule has 1 nitrogen and oxygen atoms in total. The van der Waals surface area contributed by atoms with Gasteiger partial charge in [-0.25, -0.2) is 0 Å². The summed E-state index contributed by atoms with van der Waals surface area (Å²) in [6.07, 6.45) is 3.65. The maximum Gasteiger partial charge on any atom is 0.133 e. The van der Waals surface area contributed by atoms with E-state index in [2.05, 4.69) is 77.4 Å². The Morgan fingerprint density at radius 2 is 1.38 bits per heavy atom. The predicted octanol–water partition coefficient (Wildman–Crippen LogP) is 6.19. The highest BCUT2D eigenvalue weighted by Gasteiger charge is 2.02. The van der Waals surface area contributed by atoms with Crippen LogP contribution in [0.15, 0.2) is 49.6 Å². The molecule has 0 aliphatic carbocycles. The Bertz CT molecular complexity index is 589. The first kappa shape index (κ1) is 18.2. The average Bonchev–Trinajstić information content (AvgIpc) is 2.51. The van der Waals surface area contributed by atoms with E-state index in [1.54, 1.807) is 7.11 Å². The zero-order valence-corrected chi connectivity index (χ0v) is 16.5. The standard InChI is InChI=1S/C10H10.C8H8I2O/c1-3-9-5-7-10(4-2)8-6-9;1-5-3-7(10)8(11-2)4-6(5)9/h3-8H,1-2H2;3-4H,1-2H3. The number of hydrogen-bond acceptors (Lipinski definition) is 1. The van der Waals surface area contributed by atoms with E-state index in [-0.39, 0.29) is 0 Å². The molecule has 0 aliphatic rings. The van der Waals surface area contributed by atoms with E-state index >= 15 is 0 Å². The van der Waals surface area contributed by atoms with Crippen LogP contribution in [0.4, 0.5) is 0 Å². The summed E-state index contributed by atoms with van der Waals surface area (Å²) < 4.78 is 7.59. The Morgan fingerprint density at radius 3 is 1.76 bits per heavy atom. The molecule has 0 saturated carbocycles. The van der Waals surface area contributed by atoms with Crippen molar-refractivity contribution in [3.63, 3.8) is 0 Å². The molecule has 21 heavy (non-hydrogen) atoms. The molecular formula is C18H18I2O. The molecule has 0 N–H and O–H groups in total. The summed E-state index contributed by atoms with van der Waals surface area (Å²) in [5.74, 6) is 0.959. The van der Waals surface area contributed by atoms with Crippen molar-refractivity contribution in [3.05, 3.63) is 73.4 Å². The smallest absolute Gasteiger partial charge is 0.133 e. The maximum atomic E-state index is 5.17. The molecular weight excluding hydrogens is 486 g/mol.